The molecule has 6 heteroatoms. The fourth-order valence-corrected chi connectivity index (χ4v) is 4.23. The minimum absolute atomic E-state index is 0.0601. The predicted molar refractivity (Wildman–Crippen MR) is 102 cm³/mol. The third-order valence-electron chi connectivity index (χ3n) is 5.76. The highest BCUT2D eigenvalue weighted by molar-refractivity contribution is 5.80. The Bertz CT molecular complexity index is 759. The molecule has 0 spiro atoms. The van der Waals surface area contributed by atoms with E-state index in [-0.39, 0.29) is 11.8 Å². The standard InChI is InChI=1S/C20H27N5O/c26-20(24-12-15-5-2-1-3-6-15)16-7-4-10-25(14-16)17-11-18-19(23-13-17)22-9-8-21-18/h8-9,11,13,15-16H,1-7,10,12,14H2,(H,24,26)/t16-/m1/s1. The lowest BCUT2D eigenvalue weighted by Gasteiger charge is -2.34. The van der Waals surface area contributed by atoms with E-state index in [1.54, 1.807) is 12.4 Å². The molecular formula is C20H27N5O. The Hall–Kier alpha value is -2.24. The number of carbonyl (C=O) groups is 1. The average Bonchev–Trinajstić information content (AvgIpc) is 2.72. The summed E-state index contributed by atoms with van der Waals surface area (Å²) in [6.45, 7) is 2.56. The third-order valence-corrected chi connectivity index (χ3v) is 5.76. The molecule has 1 atom stereocenters. The van der Waals surface area contributed by atoms with Crippen LogP contribution in [0.3, 0.4) is 0 Å². The molecule has 1 aliphatic heterocycles. The largest absolute Gasteiger partial charge is 0.369 e. The van der Waals surface area contributed by atoms with Crippen LogP contribution in [0.15, 0.2) is 24.7 Å². The van der Waals surface area contributed by atoms with Crippen LogP contribution in [-0.2, 0) is 4.79 Å². The molecule has 0 unspecified atom stereocenters. The van der Waals surface area contributed by atoms with Gasteiger partial charge >= 0.3 is 0 Å². The van der Waals surface area contributed by atoms with E-state index in [1.807, 2.05) is 12.3 Å². The van der Waals surface area contributed by atoms with Gasteiger partial charge in [0.2, 0.25) is 5.91 Å². The lowest BCUT2D eigenvalue weighted by Crippen LogP contribution is -2.44. The first-order valence-corrected chi connectivity index (χ1v) is 9.89. The van der Waals surface area contributed by atoms with Gasteiger partial charge in [-0.1, -0.05) is 19.3 Å². The molecule has 1 saturated heterocycles. The fraction of sp³-hybridized carbons (Fsp3) is 0.600. The molecule has 138 valence electrons. The molecule has 1 N–H and O–H groups in total. The van der Waals surface area contributed by atoms with Crippen LogP contribution in [0.25, 0.3) is 11.2 Å². The van der Waals surface area contributed by atoms with Crippen molar-refractivity contribution in [2.75, 3.05) is 24.5 Å². The summed E-state index contributed by atoms with van der Waals surface area (Å²) in [4.78, 5) is 27.9. The van der Waals surface area contributed by atoms with Crippen molar-refractivity contribution >= 4 is 22.8 Å². The Balaban J connectivity index is 1.37. The lowest BCUT2D eigenvalue weighted by atomic mass is 9.89. The van der Waals surface area contributed by atoms with Crippen LogP contribution in [0.2, 0.25) is 0 Å². The number of carbonyl (C=O) groups excluding carboxylic acids is 1. The molecule has 4 rings (SSSR count). The number of hydrogen-bond acceptors (Lipinski definition) is 5. The topological polar surface area (TPSA) is 71.0 Å². The van der Waals surface area contributed by atoms with E-state index in [0.29, 0.717) is 11.6 Å². The first-order chi connectivity index (χ1) is 12.8. The van der Waals surface area contributed by atoms with Crippen LogP contribution in [-0.4, -0.2) is 40.5 Å². The maximum atomic E-state index is 12.7. The van der Waals surface area contributed by atoms with Gasteiger partial charge in [0.25, 0.3) is 0 Å². The van der Waals surface area contributed by atoms with Gasteiger partial charge in [-0.05, 0) is 37.7 Å². The predicted octanol–water partition coefficient (Wildman–Crippen LogP) is 2.94. The second-order valence-corrected chi connectivity index (χ2v) is 7.63. The van der Waals surface area contributed by atoms with Crippen LogP contribution in [0.5, 0.6) is 0 Å². The molecule has 6 nitrogen and oxygen atoms in total. The Kier molecular flexibility index (Phi) is 5.27. The second kappa shape index (κ2) is 7.98. The van der Waals surface area contributed by atoms with Gasteiger partial charge in [0.05, 0.1) is 17.8 Å². The second-order valence-electron chi connectivity index (χ2n) is 7.63. The third kappa shape index (κ3) is 3.94. The summed E-state index contributed by atoms with van der Waals surface area (Å²) < 4.78 is 0. The minimum atomic E-state index is 0.0601. The summed E-state index contributed by atoms with van der Waals surface area (Å²) in [5.41, 5.74) is 2.49. The molecule has 0 radical (unpaired) electrons. The maximum absolute atomic E-state index is 12.7. The van der Waals surface area contributed by atoms with Crippen LogP contribution in [0.1, 0.15) is 44.9 Å². The molecule has 3 heterocycles. The Morgan fingerprint density at radius 3 is 2.81 bits per heavy atom. The number of anilines is 1. The zero-order valence-electron chi connectivity index (χ0n) is 15.2. The van der Waals surface area contributed by atoms with E-state index < -0.39 is 0 Å². The van der Waals surface area contributed by atoms with Crippen molar-refractivity contribution in [2.45, 2.75) is 44.9 Å². The SMILES string of the molecule is O=C(NCC1CCCCC1)[C@@H]1CCCN(c2cnc3nccnc3c2)C1. The number of piperidine rings is 1. The van der Waals surface area contributed by atoms with Crippen LogP contribution in [0.4, 0.5) is 5.69 Å². The summed E-state index contributed by atoms with van der Waals surface area (Å²) in [5.74, 6) is 0.953. The van der Waals surface area contributed by atoms with E-state index in [0.717, 1.165) is 43.7 Å². The Morgan fingerprint density at radius 2 is 1.92 bits per heavy atom. The van der Waals surface area contributed by atoms with Crippen molar-refractivity contribution in [2.24, 2.45) is 11.8 Å². The van der Waals surface area contributed by atoms with Gasteiger partial charge in [0, 0.05) is 32.0 Å². The number of nitrogens with zero attached hydrogens (tertiary/aromatic N) is 4. The molecule has 26 heavy (non-hydrogen) atoms. The van der Waals surface area contributed by atoms with Crippen molar-refractivity contribution in [3.8, 4) is 0 Å². The van der Waals surface area contributed by atoms with Gasteiger partial charge in [-0.2, -0.15) is 0 Å². The van der Waals surface area contributed by atoms with Crippen LogP contribution in [0, 0.1) is 11.8 Å². The summed E-state index contributed by atoms with van der Waals surface area (Å²) in [7, 11) is 0. The molecule has 0 bridgehead atoms. The highest BCUT2D eigenvalue weighted by Gasteiger charge is 2.27. The van der Waals surface area contributed by atoms with E-state index in [4.69, 9.17) is 0 Å². The van der Waals surface area contributed by atoms with Gasteiger partial charge in [-0.15, -0.1) is 0 Å². The van der Waals surface area contributed by atoms with Crippen LogP contribution >= 0.6 is 0 Å². The molecular weight excluding hydrogens is 326 g/mol. The van der Waals surface area contributed by atoms with Crippen molar-refractivity contribution in [3.63, 3.8) is 0 Å². The van der Waals surface area contributed by atoms with E-state index in [9.17, 15) is 4.79 Å². The molecule has 1 aliphatic carbocycles. The average molecular weight is 353 g/mol. The van der Waals surface area contributed by atoms with Gasteiger partial charge in [0.15, 0.2) is 5.65 Å². The van der Waals surface area contributed by atoms with Gasteiger partial charge in [-0.25, -0.2) is 9.97 Å². The van der Waals surface area contributed by atoms with Crippen molar-refractivity contribution < 1.29 is 4.79 Å². The summed E-state index contributed by atoms with van der Waals surface area (Å²) in [6.07, 6.45) is 13.7. The van der Waals surface area contributed by atoms with Gasteiger partial charge < -0.3 is 10.2 Å². The van der Waals surface area contributed by atoms with Crippen molar-refractivity contribution in [3.05, 3.63) is 24.7 Å². The quantitative estimate of drug-likeness (QED) is 0.915. The number of pyridine rings is 1. The van der Waals surface area contributed by atoms with E-state index in [1.165, 1.54) is 32.1 Å². The molecule has 2 aromatic heterocycles. The van der Waals surface area contributed by atoms with Crippen LogP contribution < -0.4 is 10.2 Å². The normalized spacial score (nSPS) is 21.7. The number of amides is 1. The molecule has 0 aromatic carbocycles. The first kappa shape index (κ1) is 17.2. The molecule has 1 saturated carbocycles. The summed E-state index contributed by atoms with van der Waals surface area (Å²) in [6, 6.07) is 2.03. The summed E-state index contributed by atoms with van der Waals surface area (Å²) >= 11 is 0. The number of hydrogen-bond donors (Lipinski definition) is 1. The van der Waals surface area contributed by atoms with E-state index in [2.05, 4.69) is 25.2 Å². The van der Waals surface area contributed by atoms with Crippen molar-refractivity contribution in [1.82, 2.24) is 20.3 Å². The first-order valence-electron chi connectivity index (χ1n) is 9.89. The lowest BCUT2D eigenvalue weighted by molar-refractivity contribution is -0.125. The molecule has 2 aromatic rings. The zero-order chi connectivity index (χ0) is 17.8. The number of nitrogens with one attached hydrogen (secondary N) is 1. The monoisotopic (exact) mass is 353 g/mol. The molecule has 2 aliphatic rings. The van der Waals surface area contributed by atoms with Gasteiger partial charge in [0.1, 0.15) is 5.52 Å². The highest BCUT2D eigenvalue weighted by Crippen LogP contribution is 2.25. The number of fused-ring (bicyclic) bond motifs is 1. The highest BCUT2D eigenvalue weighted by atomic mass is 16.1. The zero-order valence-corrected chi connectivity index (χ0v) is 15.2. The number of aromatic nitrogens is 3. The van der Waals surface area contributed by atoms with Crippen molar-refractivity contribution in [1.29, 1.82) is 0 Å². The smallest absolute Gasteiger partial charge is 0.224 e. The molecule has 1 amide bonds. The molecule has 2 fully saturated rings. The minimum Gasteiger partial charge on any atom is -0.369 e. The summed E-state index contributed by atoms with van der Waals surface area (Å²) in [5, 5.41) is 3.22. The number of rotatable bonds is 4. The van der Waals surface area contributed by atoms with Gasteiger partial charge in [-0.3, -0.25) is 9.78 Å². The maximum Gasteiger partial charge on any atom is 0.224 e. The Morgan fingerprint density at radius 1 is 1.08 bits per heavy atom. The Labute approximate surface area is 154 Å². The fourth-order valence-electron chi connectivity index (χ4n) is 4.23. The van der Waals surface area contributed by atoms with E-state index >= 15 is 0 Å².